The van der Waals surface area contributed by atoms with Gasteiger partial charge in [0.25, 0.3) is 0 Å². The van der Waals surface area contributed by atoms with Gasteiger partial charge in [-0.3, -0.25) is 9.69 Å². The van der Waals surface area contributed by atoms with Crippen molar-refractivity contribution in [2.75, 3.05) is 32.6 Å². The fourth-order valence-electron chi connectivity index (χ4n) is 2.26. The molecule has 2 aromatic carbocycles. The Morgan fingerprint density at radius 1 is 1.25 bits per heavy atom. The number of nitrogens with zero attached hydrogens (tertiary/aromatic N) is 1. The number of ether oxygens (including phenoxy) is 1. The highest BCUT2D eigenvalue weighted by molar-refractivity contribution is 6.31. The van der Waals surface area contributed by atoms with Gasteiger partial charge < -0.3 is 10.1 Å². The van der Waals surface area contributed by atoms with Crippen molar-refractivity contribution in [3.8, 4) is 5.75 Å². The highest BCUT2D eigenvalue weighted by Crippen LogP contribution is 2.27. The predicted molar refractivity (Wildman–Crippen MR) is 94.2 cm³/mol. The number of rotatable bonds is 7. The van der Waals surface area contributed by atoms with Crippen LogP contribution in [-0.4, -0.2) is 38.1 Å². The number of nitrogens with one attached hydrogen (secondary N) is 1. The molecule has 24 heavy (non-hydrogen) atoms. The summed E-state index contributed by atoms with van der Waals surface area (Å²) in [4.78, 5) is 14.1. The van der Waals surface area contributed by atoms with E-state index < -0.39 is 0 Å². The molecular formula is C18H20ClFN2O2. The number of likely N-dealkylation sites (N-methyl/N-ethyl adjacent to an activating group) is 1. The highest BCUT2D eigenvalue weighted by Gasteiger charge is 2.11. The van der Waals surface area contributed by atoms with Crippen molar-refractivity contribution < 1.29 is 13.9 Å². The molecule has 0 atom stereocenters. The van der Waals surface area contributed by atoms with Crippen LogP contribution in [0.1, 0.15) is 5.56 Å². The smallest absolute Gasteiger partial charge is 0.238 e. The van der Waals surface area contributed by atoms with Gasteiger partial charge in [0, 0.05) is 11.6 Å². The summed E-state index contributed by atoms with van der Waals surface area (Å²) in [5.74, 6) is 0.154. The summed E-state index contributed by atoms with van der Waals surface area (Å²) < 4.78 is 18.1. The second kappa shape index (κ2) is 8.66. The Morgan fingerprint density at radius 3 is 2.62 bits per heavy atom. The summed E-state index contributed by atoms with van der Waals surface area (Å²) in [6.07, 6.45) is 0.741. The molecule has 1 N–H and O–H groups in total. The van der Waals surface area contributed by atoms with Gasteiger partial charge >= 0.3 is 0 Å². The third kappa shape index (κ3) is 5.51. The first-order chi connectivity index (χ1) is 11.5. The van der Waals surface area contributed by atoms with Crippen LogP contribution in [0.25, 0.3) is 0 Å². The van der Waals surface area contributed by atoms with Crippen LogP contribution in [0.5, 0.6) is 5.75 Å². The lowest BCUT2D eigenvalue weighted by atomic mass is 10.1. The van der Waals surface area contributed by atoms with E-state index in [0.717, 1.165) is 12.0 Å². The molecule has 6 heteroatoms. The maximum atomic E-state index is 12.9. The van der Waals surface area contributed by atoms with Crippen LogP contribution in [0, 0.1) is 5.82 Å². The van der Waals surface area contributed by atoms with E-state index in [1.807, 2.05) is 11.9 Å². The number of hydrogen-bond acceptors (Lipinski definition) is 3. The summed E-state index contributed by atoms with van der Waals surface area (Å²) >= 11 is 5.95. The standard InChI is InChI=1S/C18H20ClFN2O2/c1-22(10-9-13-3-6-15(20)7-4-13)12-18(23)21-16-11-14(19)5-8-17(16)24-2/h3-8,11H,9-10,12H2,1-2H3,(H,21,23). The minimum Gasteiger partial charge on any atom is -0.495 e. The molecule has 0 saturated carbocycles. The second-order valence-electron chi connectivity index (χ2n) is 5.51. The first-order valence-corrected chi connectivity index (χ1v) is 7.92. The molecule has 2 rings (SSSR count). The SMILES string of the molecule is COc1ccc(Cl)cc1NC(=O)CN(C)CCc1ccc(F)cc1. The van der Waals surface area contributed by atoms with Gasteiger partial charge in [0.05, 0.1) is 19.3 Å². The molecule has 0 saturated heterocycles. The third-order valence-corrected chi connectivity index (χ3v) is 3.78. The molecule has 0 heterocycles. The van der Waals surface area contributed by atoms with E-state index in [0.29, 0.717) is 23.0 Å². The maximum absolute atomic E-state index is 12.9. The first-order valence-electron chi connectivity index (χ1n) is 7.54. The van der Waals surface area contributed by atoms with Crippen LogP contribution < -0.4 is 10.1 Å². The average Bonchev–Trinajstić information content (AvgIpc) is 2.54. The number of hydrogen-bond donors (Lipinski definition) is 1. The van der Waals surface area contributed by atoms with Crippen molar-refractivity contribution in [3.05, 3.63) is 58.9 Å². The lowest BCUT2D eigenvalue weighted by molar-refractivity contribution is -0.117. The van der Waals surface area contributed by atoms with Gasteiger partial charge in [-0.1, -0.05) is 23.7 Å². The molecule has 0 aliphatic carbocycles. The van der Waals surface area contributed by atoms with E-state index in [1.165, 1.54) is 19.2 Å². The van der Waals surface area contributed by atoms with E-state index in [2.05, 4.69) is 5.32 Å². The molecule has 4 nitrogen and oxygen atoms in total. The molecule has 0 aliphatic rings. The number of amides is 1. The van der Waals surface area contributed by atoms with Crippen LogP contribution >= 0.6 is 11.6 Å². The number of methoxy groups -OCH3 is 1. The fourth-order valence-corrected chi connectivity index (χ4v) is 2.43. The van der Waals surface area contributed by atoms with Crippen LogP contribution in [0.2, 0.25) is 5.02 Å². The molecule has 128 valence electrons. The summed E-state index contributed by atoms with van der Waals surface area (Å²) in [6.45, 7) is 0.919. The zero-order chi connectivity index (χ0) is 17.5. The number of anilines is 1. The van der Waals surface area contributed by atoms with Crippen molar-refractivity contribution in [3.63, 3.8) is 0 Å². The van der Waals surface area contributed by atoms with E-state index in [4.69, 9.17) is 16.3 Å². The Kier molecular flexibility index (Phi) is 6.58. The zero-order valence-electron chi connectivity index (χ0n) is 13.7. The van der Waals surface area contributed by atoms with Gasteiger partial charge in [0.15, 0.2) is 0 Å². The van der Waals surface area contributed by atoms with Crippen LogP contribution in [0.4, 0.5) is 10.1 Å². The molecule has 0 aromatic heterocycles. The number of benzene rings is 2. The molecule has 0 unspecified atom stereocenters. The predicted octanol–water partition coefficient (Wildman–Crippen LogP) is 3.60. The summed E-state index contributed by atoms with van der Waals surface area (Å²) in [6, 6.07) is 11.4. The Morgan fingerprint density at radius 2 is 1.96 bits per heavy atom. The molecular weight excluding hydrogens is 331 g/mol. The largest absolute Gasteiger partial charge is 0.495 e. The monoisotopic (exact) mass is 350 g/mol. The van der Waals surface area contributed by atoms with Crippen molar-refractivity contribution in [1.29, 1.82) is 0 Å². The molecule has 1 amide bonds. The van der Waals surface area contributed by atoms with E-state index >= 15 is 0 Å². The minimum atomic E-state index is -0.248. The molecule has 0 bridgehead atoms. The molecule has 0 fully saturated rings. The molecule has 0 radical (unpaired) electrons. The number of carbonyl (C=O) groups excluding carboxylic acids is 1. The van der Waals surface area contributed by atoms with Crippen molar-refractivity contribution >= 4 is 23.2 Å². The fraction of sp³-hybridized carbons (Fsp3) is 0.278. The van der Waals surface area contributed by atoms with Gasteiger partial charge in [0.2, 0.25) is 5.91 Å². The van der Waals surface area contributed by atoms with Gasteiger partial charge in [-0.25, -0.2) is 4.39 Å². The lowest BCUT2D eigenvalue weighted by Crippen LogP contribution is -2.31. The van der Waals surface area contributed by atoms with Gasteiger partial charge in [-0.15, -0.1) is 0 Å². The molecule has 0 spiro atoms. The Labute approximate surface area is 146 Å². The van der Waals surface area contributed by atoms with Crippen LogP contribution in [0.3, 0.4) is 0 Å². The van der Waals surface area contributed by atoms with Crippen molar-refractivity contribution in [2.45, 2.75) is 6.42 Å². The summed E-state index contributed by atoms with van der Waals surface area (Å²) in [5.41, 5.74) is 1.57. The Balaban J connectivity index is 1.85. The second-order valence-corrected chi connectivity index (χ2v) is 5.94. The van der Waals surface area contributed by atoms with Gasteiger partial charge in [0.1, 0.15) is 11.6 Å². The van der Waals surface area contributed by atoms with E-state index in [-0.39, 0.29) is 18.3 Å². The number of carbonyl (C=O) groups is 1. The highest BCUT2D eigenvalue weighted by atomic mass is 35.5. The van der Waals surface area contributed by atoms with Crippen molar-refractivity contribution in [1.82, 2.24) is 4.90 Å². The maximum Gasteiger partial charge on any atom is 0.238 e. The Bertz CT molecular complexity index is 692. The van der Waals surface area contributed by atoms with Crippen molar-refractivity contribution in [2.24, 2.45) is 0 Å². The van der Waals surface area contributed by atoms with E-state index in [1.54, 1.807) is 30.3 Å². The van der Waals surface area contributed by atoms with Crippen LogP contribution in [-0.2, 0) is 11.2 Å². The molecule has 2 aromatic rings. The quantitative estimate of drug-likeness (QED) is 0.829. The molecule has 0 aliphatic heterocycles. The van der Waals surface area contributed by atoms with E-state index in [9.17, 15) is 9.18 Å². The average molecular weight is 351 g/mol. The third-order valence-electron chi connectivity index (χ3n) is 3.54. The van der Waals surface area contributed by atoms with Gasteiger partial charge in [-0.05, 0) is 49.4 Å². The zero-order valence-corrected chi connectivity index (χ0v) is 14.4. The van der Waals surface area contributed by atoms with Crippen LogP contribution in [0.15, 0.2) is 42.5 Å². The number of halogens is 2. The topological polar surface area (TPSA) is 41.6 Å². The summed E-state index contributed by atoms with van der Waals surface area (Å²) in [7, 11) is 3.39. The van der Waals surface area contributed by atoms with Gasteiger partial charge in [-0.2, -0.15) is 0 Å². The normalized spacial score (nSPS) is 10.7. The minimum absolute atomic E-state index is 0.155. The summed E-state index contributed by atoms with van der Waals surface area (Å²) in [5, 5.41) is 3.32. The Hall–Kier alpha value is -2.11. The first kappa shape index (κ1) is 18.2. The lowest BCUT2D eigenvalue weighted by Gasteiger charge is -2.17.